The van der Waals surface area contributed by atoms with Gasteiger partial charge in [-0.2, -0.15) is 0 Å². The molecule has 7 heteroatoms. The molecule has 1 heterocycles. The van der Waals surface area contributed by atoms with Gasteiger partial charge >= 0.3 is 5.97 Å². The molecule has 380 valence electrons. The second-order valence-corrected chi connectivity index (χ2v) is 25.1. The van der Waals surface area contributed by atoms with E-state index in [0.717, 1.165) is 86.5 Å². The van der Waals surface area contributed by atoms with Gasteiger partial charge in [0, 0.05) is 0 Å². The zero-order chi connectivity index (χ0) is 49.7. The van der Waals surface area contributed by atoms with Crippen molar-refractivity contribution >= 4 is 5.97 Å². The van der Waals surface area contributed by atoms with Crippen molar-refractivity contribution in [3.63, 3.8) is 0 Å². The molecule has 4 saturated carbocycles. The summed E-state index contributed by atoms with van der Waals surface area (Å²) in [6.07, 6.45) is 9.95. The fourth-order valence-electron chi connectivity index (χ4n) is 16.3. The zero-order valence-electron chi connectivity index (χ0n) is 43.8. The van der Waals surface area contributed by atoms with Crippen molar-refractivity contribution in [3.05, 3.63) is 155 Å². The third-order valence-corrected chi connectivity index (χ3v) is 20.4. The number of aliphatic hydroxyl groups is 1. The number of hydrogen-bond donors (Lipinski definition) is 1. The van der Waals surface area contributed by atoms with Gasteiger partial charge in [-0.3, -0.25) is 4.79 Å². The van der Waals surface area contributed by atoms with E-state index < -0.39 is 29.8 Å². The molecule has 5 fully saturated rings. The predicted molar refractivity (Wildman–Crippen MR) is 280 cm³/mol. The van der Waals surface area contributed by atoms with Crippen molar-refractivity contribution in [3.8, 4) is 0 Å². The molecular weight excluding hydrogens is 881 g/mol. The summed E-state index contributed by atoms with van der Waals surface area (Å²) in [4.78, 5) is 14.7. The molecule has 6 aliphatic rings. The lowest BCUT2D eigenvalue weighted by molar-refractivity contribution is -0.290. The minimum Gasteiger partial charge on any atom is -0.460 e. The Balaban J connectivity index is 0.949. The smallest absolute Gasteiger partial charge is 0.313 e. The number of carbonyl (C=O) groups excluding carboxylic acids is 1. The molecule has 4 aromatic rings. The number of carbonyl (C=O) groups is 1. The monoisotopic (exact) mass is 963 g/mol. The number of esters is 1. The molecule has 0 aromatic heterocycles. The largest absolute Gasteiger partial charge is 0.460 e. The summed E-state index contributed by atoms with van der Waals surface area (Å²) in [7, 11) is 0. The highest BCUT2D eigenvalue weighted by Crippen LogP contribution is 2.76. The Morgan fingerprint density at radius 1 is 0.620 bits per heavy atom. The second kappa shape index (κ2) is 20.0. The van der Waals surface area contributed by atoms with Crippen LogP contribution in [0.1, 0.15) is 135 Å². The Hall–Kier alpha value is -4.11. The molecule has 1 N–H and O–H groups in total. The molecule has 7 nitrogen and oxygen atoms in total. The van der Waals surface area contributed by atoms with Gasteiger partial charge in [-0.15, -0.1) is 0 Å². The van der Waals surface area contributed by atoms with Gasteiger partial charge in [-0.25, -0.2) is 0 Å². The van der Waals surface area contributed by atoms with Crippen LogP contribution in [-0.4, -0.2) is 48.2 Å². The first-order valence-corrected chi connectivity index (χ1v) is 27.3. The molecule has 1 aliphatic heterocycles. The molecule has 0 radical (unpaired) electrons. The fourth-order valence-corrected chi connectivity index (χ4v) is 16.3. The van der Waals surface area contributed by atoms with Crippen molar-refractivity contribution in [1.82, 2.24) is 0 Å². The van der Waals surface area contributed by atoms with E-state index in [-0.39, 0.29) is 57.6 Å². The van der Waals surface area contributed by atoms with E-state index in [1.54, 1.807) is 5.57 Å². The number of hydrogen-bond acceptors (Lipinski definition) is 7. The van der Waals surface area contributed by atoms with Crippen LogP contribution in [0.25, 0.3) is 0 Å². The van der Waals surface area contributed by atoms with Crippen LogP contribution in [0.3, 0.4) is 0 Å². The van der Waals surface area contributed by atoms with Gasteiger partial charge in [0.05, 0.1) is 37.9 Å². The van der Waals surface area contributed by atoms with Crippen molar-refractivity contribution in [1.29, 1.82) is 0 Å². The van der Waals surface area contributed by atoms with Crippen LogP contribution < -0.4 is 0 Å². The highest BCUT2D eigenvalue weighted by molar-refractivity contribution is 5.79. The van der Waals surface area contributed by atoms with E-state index in [1.807, 2.05) is 60.7 Å². The molecule has 10 rings (SSSR count). The number of aliphatic hydroxyl groups excluding tert-OH is 1. The SMILES string of the molecule is CC1(C)CC[C@]2(C(=O)OCc3ccccc3)CC[C@]3(C)C(=CCC4[C@@]5(C)CC[C@@H]([C@@H]6OC(COCc7ccccc7)[C@@H](O)C(OCc7ccccc7)C6OCc6ccccc6)C(C)(C)C5CC[C@]43C)C2C1. The average molecular weight is 963 g/mol. The van der Waals surface area contributed by atoms with Gasteiger partial charge in [0.15, 0.2) is 0 Å². The zero-order valence-corrected chi connectivity index (χ0v) is 43.8. The normalized spacial score (nSPS) is 37.0. The van der Waals surface area contributed by atoms with Crippen molar-refractivity contribution in [2.45, 2.75) is 170 Å². The molecule has 0 spiro atoms. The quantitative estimate of drug-likeness (QED) is 0.0995. The highest BCUT2D eigenvalue weighted by atomic mass is 16.6. The van der Waals surface area contributed by atoms with Crippen molar-refractivity contribution in [2.75, 3.05) is 6.61 Å². The van der Waals surface area contributed by atoms with E-state index in [4.69, 9.17) is 23.7 Å². The summed E-state index contributed by atoms with van der Waals surface area (Å²) < 4.78 is 34.0. The average Bonchev–Trinajstić information content (AvgIpc) is 3.36. The lowest BCUT2D eigenvalue weighted by atomic mass is 9.33. The van der Waals surface area contributed by atoms with Crippen LogP contribution in [0.4, 0.5) is 0 Å². The van der Waals surface area contributed by atoms with Crippen molar-refractivity contribution < 1.29 is 33.6 Å². The van der Waals surface area contributed by atoms with Gasteiger partial charge in [0.2, 0.25) is 0 Å². The van der Waals surface area contributed by atoms with Crippen molar-refractivity contribution in [2.24, 2.45) is 56.2 Å². The molecular formula is C64H82O7. The molecule has 13 atom stereocenters. The third kappa shape index (κ3) is 9.32. The lowest BCUT2D eigenvalue weighted by Crippen LogP contribution is -2.67. The van der Waals surface area contributed by atoms with Crippen LogP contribution in [0.2, 0.25) is 0 Å². The second-order valence-electron chi connectivity index (χ2n) is 25.1. The van der Waals surface area contributed by atoms with Gasteiger partial charge in [-0.05, 0) is 137 Å². The van der Waals surface area contributed by atoms with E-state index in [1.165, 1.54) is 0 Å². The lowest BCUT2D eigenvalue weighted by Gasteiger charge is -2.72. The summed E-state index contributed by atoms with van der Waals surface area (Å²) in [5.41, 5.74) is 5.55. The molecule has 4 aromatic carbocycles. The van der Waals surface area contributed by atoms with Gasteiger partial charge in [0.25, 0.3) is 0 Å². The molecule has 1 saturated heterocycles. The summed E-state index contributed by atoms with van der Waals surface area (Å²) in [6, 6.07) is 41.0. The van der Waals surface area contributed by atoms with E-state index in [2.05, 4.69) is 115 Å². The summed E-state index contributed by atoms with van der Waals surface area (Å²) in [6.45, 7) is 19.6. The highest BCUT2D eigenvalue weighted by Gasteiger charge is 2.70. The fraction of sp³-hybridized carbons (Fsp3) is 0.578. The standard InChI is InChI=1S/C64H82O7/c1-59(2)34-36-64(58(66)70-42-47-26-18-11-19-27-47)37-35-62(6)48(50(64)38-59)28-29-53-61(5)32-30-49(60(3,4)52(61)31-33-63(53,62)7)55-57(69-41-46-24-16-10-17-25-46)56(68-40-45-22-14-9-15-23-45)54(65)51(71-55)43-67-39-44-20-12-8-13-21-44/h8-28,49-57,65H,29-43H2,1-7H3/t49-,50?,51?,52?,53?,54+,55-,56?,57?,61-,62+,63+,64-/m0/s1. The summed E-state index contributed by atoms with van der Waals surface area (Å²) in [5.74, 6) is 1.30. The molecule has 0 bridgehead atoms. The van der Waals surface area contributed by atoms with Gasteiger partial charge < -0.3 is 28.8 Å². The number of ether oxygens (including phenoxy) is 5. The topological polar surface area (TPSA) is 83.5 Å². The Kier molecular flexibility index (Phi) is 14.2. The minimum absolute atomic E-state index is 0.0124. The number of allylic oxidation sites excluding steroid dienone is 2. The number of fused-ring (bicyclic) bond motifs is 7. The minimum atomic E-state index is -0.961. The van der Waals surface area contributed by atoms with E-state index in [9.17, 15) is 9.90 Å². The maximum atomic E-state index is 14.7. The van der Waals surface area contributed by atoms with Crippen LogP contribution in [-0.2, 0) is 54.9 Å². The van der Waals surface area contributed by atoms with E-state index >= 15 is 0 Å². The Labute approximate surface area is 425 Å². The first-order chi connectivity index (χ1) is 34.1. The Bertz CT molecular complexity index is 2460. The summed E-state index contributed by atoms with van der Waals surface area (Å²) in [5, 5.41) is 12.4. The molecule has 5 aliphatic carbocycles. The molecule has 71 heavy (non-hydrogen) atoms. The van der Waals surface area contributed by atoms with E-state index in [0.29, 0.717) is 38.3 Å². The van der Waals surface area contributed by atoms with Gasteiger partial charge in [-0.1, -0.05) is 181 Å². The Morgan fingerprint density at radius 2 is 1.17 bits per heavy atom. The first-order valence-electron chi connectivity index (χ1n) is 27.3. The summed E-state index contributed by atoms with van der Waals surface area (Å²) >= 11 is 0. The first kappa shape index (κ1) is 50.4. The maximum Gasteiger partial charge on any atom is 0.313 e. The molecule has 0 amide bonds. The van der Waals surface area contributed by atoms with Crippen LogP contribution in [0, 0.1) is 56.2 Å². The van der Waals surface area contributed by atoms with Crippen LogP contribution in [0.15, 0.2) is 133 Å². The van der Waals surface area contributed by atoms with Crippen LogP contribution in [0.5, 0.6) is 0 Å². The number of rotatable bonds is 14. The van der Waals surface area contributed by atoms with Gasteiger partial charge in [0.1, 0.15) is 31.0 Å². The number of benzene rings is 4. The maximum absolute atomic E-state index is 14.7. The predicted octanol–water partition coefficient (Wildman–Crippen LogP) is 13.7. The Morgan fingerprint density at radius 3 is 1.77 bits per heavy atom. The third-order valence-electron chi connectivity index (χ3n) is 20.4. The van der Waals surface area contributed by atoms with Crippen LogP contribution >= 0.6 is 0 Å². The molecule has 6 unspecified atom stereocenters.